The van der Waals surface area contributed by atoms with Crippen LogP contribution in [0.4, 0.5) is 5.69 Å². The molecule has 0 bridgehead atoms. The van der Waals surface area contributed by atoms with Crippen LogP contribution in [0.3, 0.4) is 0 Å². The number of nitrogens with one attached hydrogen (secondary N) is 1. The summed E-state index contributed by atoms with van der Waals surface area (Å²) in [7, 11) is 0. The van der Waals surface area contributed by atoms with Crippen molar-refractivity contribution in [2.75, 3.05) is 0 Å². The maximum atomic E-state index is 7.54. The number of benzene rings is 3. The number of allylic oxidation sites excluding steroid dienone is 4. The van der Waals surface area contributed by atoms with Crippen LogP contribution in [0, 0.1) is 33.6 Å². The van der Waals surface area contributed by atoms with Gasteiger partial charge in [0.2, 0.25) is 0 Å². The van der Waals surface area contributed by atoms with Crippen molar-refractivity contribution < 1.29 is 46.5 Å². The van der Waals surface area contributed by atoms with Crippen LogP contribution >= 0.6 is 0 Å². The first-order valence-corrected chi connectivity index (χ1v) is 10.2. The number of rotatable bonds is 1. The number of aryl methyl sites for hydroxylation is 3. The Morgan fingerprint density at radius 2 is 1.41 bits per heavy atom. The number of hydrogen-bond donors (Lipinski definition) is 0. The Balaban J connectivity index is 0.000000642. The molecule has 0 saturated heterocycles. The number of fused-ring (bicyclic) bond motifs is 1. The Hall–Kier alpha value is -1.64. The van der Waals surface area contributed by atoms with Crippen LogP contribution in [0.15, 0.2) is 65.8 Å². The molecule has 3 aromatic carbocycles. The molecule has 0 fully saturated rings. The summed E-state index contributed by atoms with van der Waals surface area (Å²) in [4.78, 5) is 0. The SMILES string of the molecule is Cc1cc(C)c([NH-])c(C)c1.[CH2-]c1c(C2=C(C)C(C)=CC2C)ccc2ccccc12.[Cl-].[Cl-].[Ti+2]. The Morgan fingerprint density at radius 3 is 1.94 bits per heavy atom. The molecule has 168 valence electrons. The normalized spacial score (nSPS) is 14.4. The summed E-state index contributed by atoms with van der Waals surface area (Å²) in [5.41, 5.74) is 18.3. The van der Waals surface area contributed by atoms with Crippen molar-refractivity contribution in [3.05, 3.63) is 106 Å². The van der Waals surface area contributed by atoms with Gasteiger partial charge in [0.25, 0.3) is 0 Å². The molecule has 1 nitrogen and oxygen atoms in total. The summed E-state index contributed by atoms with van der Waals surface area (Å²) < 4.78 is 0. The van der Waals surface area contributed by atoms with Crippen LogP contribution in [0.2, 0.25) is 0 Å². The van der Waals surface area contributed by atoms with Crippen molar-refractivity contribution in [1.29, 1.82) is 0 Å². The van der Waals surface area contributed by atoms with E-state index in [9.17, 15) is 0 Å². The van der Waals surface area contributed by atoms with E-state index in [0.717, 1.165) is 16.7 Å². The standard InChI is InChI=1S/C19H19.C9H12N.2ClH.Ti/c1-12-11-13(2)19(14(12)3)18-10-9-16-7-5-6-8-17(16)15(18)4;1-6-4-7(2)9(10)8(3)5-6;;;/h5-11,13H,4H2,1-3H3;4-5,10H,1-3H3;2*1H;/q2*-1;;;+2/p-2. The van der Waals surface area contributed by atoms with E-state index in [1.54, 1.807) is 0 Å². The Bertz CT molecular complexity index is 1120. The van der Waals surface area contributed by atoms with Crippen molar-refractivity contribution in [3.8, 4) is 0 Å². The molecule has 1 aliphatic rings. The van der Waals surface area contributed by atoms with Gasteiger partial charge in [-0.25, -0.2) is 0 Å². The Labute approximate surface area is 221 Å². The van der Waals surface area contributed by atoms with Crippen molar-refractivity contribution in [2.24, 2.45) is 5.92 Å². The van der Waals surface area contributed by atoms with Crippen LogP contribution < -0.4 is 24.8 Å². The Morgan fingerprint density at radius 1 is 0.844 bits per heavy atom. The third-order valence-corrected chi connectivity index (χ3v) is 5.96. The fourth-order valence-corrected chi connectivity index (χ4v) is 4.35. The minimum Gasteiger partial charge on any atom is -1.00 e. The first-order valence-electron chi connectivity index (χ1n) is 10.2. The molecule has 32 heavy (non-hydrogen) atoms. The van der Waals surface area contributed by atoms with E-state index >= 15 is 0 Å². The van der Waals surface area contributed by atoms with E-state index in [1.807, 2.05) is 26.0 Å². The smallest absolute Gasteiger partial charge is 1.00 e. The van der Waals surface area contributed by atoms with Gasteiger partial charge in [-0.1, -0.05) is 88.2 Å². The van der Waals surface area contributed by atoms with Crippen LogP contribution in [0.1, 0.15) is 48.6 Å². The molecule has 0 heterocycles. The summed E-state index contributed by atoms with van der Waals surface area (Å²) in [6, 6.07) is 17.0. The fraction of sp³-hybridized carbons (Fsp3) is 0.250. The minimum atomic E-state index is 0. The third-order valence-electron chi connectivity index (χ3n) is 5.96. The van der Waals surface area contributed by atoms with Gasteiger partial charge in [-0.3, -0.25) is 0 Å². The van der Waals surface area contributed by atoms with E-state index < -0.39 is 0 Å². The monoisotopic (exact) mass is 499 g/mol. The molecular formula is C28H31Cl2NTi-2. The predicted octanol–water partition coefficient (Wildman–Crippen LogP) is 2.69. The molecule has 1 unspecified atom stereocenters. The van der Waals surface area contributed by atoms with E-state index in [4.69, 9.17) is 5.73 Å². The molecule has 0 aliphatic heterocycles. The van der Waals surface area contributed by atoms with Gasteiger partial charge < -0.3 is 30.5 Å². The van der Waals surface area contributed by atoms with E-state index in [-0.39, 0.29) is 46.5 Å². The van der Waals surface area contributed by atoms with Gasteiger partial charge in [-0.2, -0.15) is 12.5 Å². The maximum absolute atomic E-state index is 7.54. The van der Waals surface area contributed by atoms with E-state index in [0.29, 0.717) is 11.6 Å². The maximum Gasteiger partial charge on any atom is 2.00 e. The first-order chi connectivity index (χ1) is 13.7. The second-order valence-corrected chi connectivity index (χ2v) is 8.26. The van der Waals surface area contributed by atoms with Crippen LogP contribution in [-0.2, 0) is 21.7 Å². The largest absolute Gasteiger partial charge is 2.00 e. The zero-order chi connectivity index (χ0) is 21.3. The van der Waals surface area contributed by atoms with Gasteiger partial charge in [-0.05, 0) is 40.5 Å². The van der Waals surface area contributed by atoms with Crippen molar-refractivity contribution >= 4 is 22.0 Å². The van der Waals surface area contributed by atoms with E-state index in [1.165, 1.54) is 38.6 Å². The topological polar surface area (TPSA) is 23.8 Å². The number of halogens is 2. The van der Waals surface area contributed by atoms with Gasteiger partial charge in [0.1, 0.15) is 0 Å². The van der Waals surface area contributed by atoms with E-state index in [2.05, 4.69) is 77.1 Å². The molecule has 0 radical (unpaired) electrons. The zero-order valence-electron chi connectivity index (χ0n) is 19.7. The van der Waals surface area contributed by atoms with Gasteiger partial charge in [0.05, 0.1) is 0 Å². The molecule has 0 aromatic heterocycles. The number of hydrogen-bond acceptors (Lipinski definition) is 0. The van der Waals surface area contributed by atoms with Gasteiger partial charge in [0.15, 0.2) is 0 Å². The van der Waals surface area contributed by atoms with Crippen LogP contribution in [0.25, 0.3) is 22.1 Å². The van der Waals surface area contributed by atoms with Gasteiger partial charge in [-0.15, -0.1) is 28.8 Å². The summed E-state index contributed by atoms with van der Waals surface area (Å²) in [6.07, 6.45) is 2.35. The second kappa shape index (κ2) is 12.6. The summed E-state index contributed by atoms with van der Waals surface area (Å²) in [5.74, 6) is 0.488. The van der Waals surface area contributed by atoms with Crippen molar-refractivity contribution in [3.63, 3.8) is 0 Å². The molecule has 1 N–H and O–H groups in total. The Kier molecular flexibility index (Phi) is 11.9. The molecule has 0 saturated carbocycles. The molecule has 1 aliphatic carbocycles. The predicted molar refractivity (Wildman–Crippen MR) is 129 cm³/mol. The van der Waals surface area contributed by atoms with Gasteiger partial charge in [0, 0.05) is 0 Å². The molecule has 4 rings (SSSR count). The average Bonchev–Trinajstić information content (AvgIpc) is 2.93. The minimum absolute atomic E-state index is 0. The third kappa shape index (κ3) is 6.24. The van der Waals surface area contributed by atoms with Crippen LogP contribution in [-0.4, -0.2) is 0 Å². The fourth-order valence-electron chi connectivity index (χ4n) is 4.35. The molecule has 0 amide bonds. The summed E-state index contributed by atoms with van der Waals surface area (Å²) in [6.45, 7) is 17.0. The van der Waals surface area contributed by atoms with Crippen molar-refractivity contribution in [2.45, 2.75) is 41.5 Å². The summed E-state index contributed by atoms with van der Waals surface area (Å²) in [5, 5.41) is 2.53. The van der Waals surface area contributed by atoms with Gasteiger partial charge >= 0.3 is 21.7 Å². The average molecular weight is 500 g/mol. The second-order valence-electron chi connectivity index (χ2n) is 8.26. The first kappa shape index (κ1) is 30.4. The zero-order valence-corrected chi connectivity index (χ0v) is 22.8. The molecular weight excluding hydrogens is 469 g/mol. The molecule has 0 spiro atoms. The molecule has 4 heteroatoms. The van der Waals surface area contributed by atoms with Crippen molar-refractivity contribution in [1.82, 2.24) is 0 Å². The molecule has 1 atom stereocenters. The van der Waals surface area contributed by atoms with Crippen LogP contribution in [0.5, 0.6) is 0 Å². The molecule has 3 aromatic rings. The quantitative estimate of drug-likeness (QED) is 0.363. The summed E-state index contributed by atoms with van der Waals surface area (Å²) >= 11 is 0.